The number of nitrogens with one attached hydrogen (secondary N) is 2. The van der Waals surface area contributed by atoms with E-state index in [-0.39, 0.29) is 23.8 Å². The molecule has 1 unspecified atom stereocenters. The van der Waals surface area contributed by atoms with Gasteiger partial charge < -0.3 is 15.7 Å². The first-order valence-corrected chi connectivity index (χ1v) is 7.40. The van der Waals surface area contributed by atoms with Crippen LogP contribution in [-0.4, -0.2) is 35.6 Å². The molecule has 0 saturated heterocycles. The topological polar surface area (TPSA) is 78.4 Å². The number of carboxylic acid groups (broad SMARTS) is 1. The van der Waals surface area contributed by atoms with Crippen molar-refractivity contribution >= 4 is 11.9 Å². The van der Waals surface area contributed by atoms with E-state index in [1.54, 1.807) is 0 Å². The standard InChI is InChI=1S/C15H30N2O3/c1-9(2)7-13(18)17-12(10(3)4)8-16-14(11(5)6)15(19)20/h9-12,14,16H,7-8H2,1-6H3,(H,17,18)(H,19,20)/t12?,14-/m0/s1. The molecule has 0 spiro atoms. The van der Waals surface area contributed by atoms with Gasteiger partial charge >= 0.3 is 5.97 Å². The van der Waals surface area contributed by atoms with E-state index >= 15 is 0 Å². The van der Waals surface area contributed by atoms with Gasteiger partial charge in [-0.1, -0.05) is 41.5 Å². The third-order valence-electron chi connectivity index (χ3n) is 3.24. The van der Waals surface area contributed by atoms with E-state index in [1.807, 2.05) is 41.5 Å². The van der Waals surface area contributed by atoms with Crippen molar-refractivity contribution in [2.24, 2.45) is 17.8 Å². The van der Waals surface area contributed by atoms with Crippen molar-refractivity contribution in [1.82, 2.24) is 10.6 Å². The summed E-state index contributed by atoms with van der Waals surface area (Å²) in [7, 11) is 0. The Kier molecular flexibility index (Phi) is 8.46. The predicted molar refractivity (Wildman–Crippen MR) is 80.5 cm³/mol. The van der Waals surface area contributed by atoms with Gasteiger partial charge in [-0.05, 0) is 17.8 Å². The zero-order chi connectivity index (χ0) is 15.9. The average Bonchev–Trinajstić information content (AvgIpc) is 2.25. The van der Waals surface area contributed by atoms with Gasteiger partial charge in [-0.2, -0.15) is 0 Å². The summed E-state index contributed by atoms with van der Waals surface area (Å²) in [5, 5.41) is 15.2. The van der Waals surface area contributed by atoms with E-state index in [9.17, 15) is 9.59 Å². The largest absolute Gasteiger partial charge is 0.480 e. The SMILES string of the molecule is CC(C)CC(=O)NC(CN[C@H](C(=O)O)C(C)C)C(C)C. The van der Waals surface area contributed by atoms with Gasteiger partial charge in [-0.15, -0.1) is 0 Å². The summed E-state index contributed by atoms with van der Waals surface area (Å²) in [6, 6.07) is -0.639. The molecule has 0 bridgehead atoms. The Labute approximate surface area is 122 Å². The fourth-order valence-electron chi connectivity index (χ4n) is 1.95. The molecule has 5 nitrogen and oxygen atoms in total. The molecule has 20 heavy (non-hydrogen) atoms. The van der Waals surface area contributed by atoms with E-state index in [4.69, 9.17) is 5.11 Å². The highest BCUT2D eigenvalue weighted by Crippen LogP contribution is 2.06. The van der Waals surface area contributed by atoms with Gasteiger partial charge in [-0.3, -0.25) is 9.59 Å². The lowest BCUT2D eigenvalue weighted by Crippen LogP contribution is -2.51. The van der Waals surface area contributed by atoms with Crippen molar-refractivity contribution in [2.45, 2.75) is 60.0 Å². The second-order valence-electron chi connectivity index (χ2n) is 6.48. The number of aliphatic carboxylic acids is 1. The first-order chi connectivity index (χ1) is 9.15. The van der Waals surface area contributed by atoms with Gasteiger partial charge in [0, 0.05) is 19.0 Å². The molecule has 0 fully saturated rings. The van der Waals surface area contributed by atoms with Crippen molar-refractivity contribution < 1.29 is 14.7 Å². The fraction of sp³-hybridized carbons (Fsp3) is 0.867. The number of hydrogen-bond acceptors (Lipinski definition) is 3. The quantitative estimate of drug-likeness (QED) is 0.604. The van der Waals surface area contributed by atoms with Crippen molar-refractivity contribution in [2.75, 3.05) is 6.54 Å². The van der Waals surface area contributed by atoms with Crippen LogP contribution in [0.3, 0.4) is 0 Å². The van der Waals surface area contributed by atoms with Crippen LogP contribution in [0.15, 0.2) is 0 Å². The highest BCUT2D eigenvalue weighted by atomic mass is 16.4. The maximum Gasteiger partial charge on any atom is 0.320 e. The number of rotatable bonds is 9. The lowest BCUT2D eigenvalue weighted by atomic mass is 10.0. The van der Waals surface area contributed by atoms with E-state index in [1.165, 1.54) is 0 Å². The molecule has 0 aliphatic carbocycles. The van der Waals surface area contributed by atoms with Crippen LogP contribution in [-0.2, 0) is 9.59 Å². The van der Waals surface area contributed by atoms with Crippen LogP contribution in [0.4, 0.5) is 0 Å². The Morgan fingerprint density at radius 2 is 1.55 bits per heavy atom. The minimum atomic E-state index is -0.851. The summed E-state index contributed by atoms with van der Waals surface area (Å²) in [5.74, 6) is -0.252. The van der Waals surface area contributed by atoms with Crippen molar-refractivity contribution in [3.05, 3.63) is 0 Å². The zero-order valence-electron chi connectivity index (χ0n) is 13.6. The van der Waals surface area contributed by atoms with Gasteiger partial charge in [0.25, 0.3) is 0 Å². The van der Waals surface area contributed by atoms with Crippen LogP contribution in [0, 0.1) is 17.8 Å². The van der Waals surface area contributed by atoms with Crippen LogP contribution >= 0.6 is 0 Å². The zero-order valence-corrected chi connectivity index (χ0v) is 13.6. The van der Waals surface area contributed by atoms with Gasteiger partial charge in [-0.25, -0.2) is 0 Å². The summed E-state index contributed by atoms with van der Waals surface area (Å²) < 4.78 is 0. The first-order valence-electron chi connectivity index (χ1n) is 7.40. The molecule has 0 aliphatic rings. The maximum atomic E-state index is 11.8. The molecule has 0 radical (unpaired) electrons. The highest BCUT2D eigenvalue weighted by Gasteiger charge is 2.24. The third kappa shape index (κ3) is 7.48. The normalized spacial score (nSPS) is 14.7. The lowest BCUT2D eigenvalue weighted by molar-refractivity contribution is -0.140. The molecule has 0 aromatic carbocycles. The number of hydrogen-bond donors (Lipinski definition) is 3. The van der Waals surface area contributed by atoms with Crippen LogP contribution in [0.5, 0.6) is 0 Å². The second kappa shape index (κ2) is 8.95. The lowest BCUT2D eigenvalue weighted by Gasteiger charge is -2.26. The van der Waals surface area contributed by atoms with E-state index in [0.717, 1.165) is 0 Å². The predicted octanol–water partition coefficient (Wildman–Crippen LogP) is 1.87. The van der Waals surface area contributed by atoms with Gasteiger partial charge in [0.1, 0.15) is 6.04 Å². The summed E-state index contributed by atoms with van der Waals surface area (Å²) in [4.78, 5) is 23.0. The minimum absolute atomic E-state index is 0.00618. The summed E-state index contributed by atoms with van der Waals surface area (Å²) in [5.41, 5.74) is 0. The maximum absolute atomic E-state index is 11.8. The first kappa shape index (κ1) is 18.9. The number of carbonyl (C=O) groups excluding carboxylic acids is 1. The smallest absolute Gasteiger partial charge is 0.320 e. The minimum Gasteiger partial charge on any atom is -0.480 e. The molecule has 2 atom stereocenters. The average molecular weight is 286 g/mol. The molecule has 118 valence electrons. The monoisotopic (exact) mass is 286 g/mol. The Balaban J connectivity index is 4.48. The highest BCUT2D eigenvalue weighted by molar-refractivity contribution is 5.76. The molecule has 3 N–H and O–H groups in total. The van der Waals surface area contributed by atoms with E-state index in [0.29, 0.717) is 18.9 Å². The van der Waals surface area contributed by atoms with Crippen molar-refractivity contribution in [3.63, 3.8) is 0 Å². The molecule has 0 aromatic heterocycles. The fourth-order valence-corrected chi connectivity index (χ4v) is 1.95. The number of amides is 1. The van der Waals surface area contributed by atoms with Crippen LogP contribution in [0.1, 0.15) is 48.0 Å². The molecule has 5 heteroatoms. The Morgan fingerprint density at radius 1 is 1.00 bits per heavy atom. The molecule has 0 rings (SSSR count). The van der Waals surface area contributed by atoms with Crippen molar-refractivity contribution in [1.29, 1.82) is 0 Å². The Morgan fingerprint density at radius 3 is 1.90 bits per heavy atom. The Bertz CT molecular complexity index is 314. The molecule has 0 aliphatic heterocycles. The molecule has 0 saturated carbocycles. The van der Waals surface area contributed by atoms with Gasteiger partial charge in [0.2, 0.25) is 5.91 Å². The van der Waals surface area contributed by atoms with E-state index in [2.05, 4.69) is 10.6 Å². The molecule has 0 aromatic rings. The van der Waals surface area contributed by atoms with Gasteiger partial charge in [0.15, 0.2) is 0 Å². The molecule has 0 heterocycles. The third-order valence-corrected chi connectivity index (χ3v) is 3.24. The number of carboxylic acids is 1. The van der Waals surface area contributed by atoms with Crippen LogP contribution in [0.25, 0.3) is 0 Å². The summed E-state index contributed by atoms with van der Waals surface area (Å²) in [6.07, 6.45) is 0.496. The van der Waals surface area contributed by atoms with Crippen LogP contribution in [0.2, 0.25) is 0 Å². The number of carbonyl (C=O) groups is 2. The summed E-state index contributed by atoms with van der Waals surface area (Å²) >= 11 is 0. The second-order valence-corrected chi connectivity index (χ2v) is 6.48. The summed E-state index contributed by atoms with van der Waals surface area (Å²) in [6.45, 7) is 12.3. The van der Waals surface area contributed by atoms with Crippen molar-refractivity contribution in [3.8, 4) is 0 Å². The Hall–Kier alpha value is -1.10. The molecular weight excluding hydrogens is 256 g/mol. The van der Waals surface area contributed by atoms with E-state index < -0.39 is 12.0 Å². The molecular formula is C15H30N2O3. The van der Waals surface area contributed by atoms with Crippen LogP contribution < -0.4 is 10.6 Å². The van der Waals surface area contributed by atoms with Gasteiger partial charge in [0.05, 0.1) is 0 Å². The molecule has 1 amide bonds.